The molecule has 0 atom stereocenters. The van der Waals surface area contributed by atoms with Gasteiger partial charge in [0.2, 0.25) is 5.16 Å². The van der Waals surface area contributed by atoms with Crippen LogP contribution < -0.4 is 5.32 Å². The molecule has 0 aliphatic carbocycles. The molecule has 2 aromatic heterocycles. The third kappa shape index (κ3) is 4.43. The highest BCUT2D eigenvalue weighted by Gasteiger charge is 2.05. The predicted octanol–water partition coefficient (Wildman–Crippen LogP) is 3.11. The number of hydrogen-bond donors (Lipinski definition) is 1. The van der Waals surface area contributed by atoms with E-state index < -0.39 is 0 Å². The minimum atomic E-state index is 0.703. The average Bonchev–Trinajstić information content (AvgIpc) is 3.17. The van der Waals surface area contributed by atoms with Crippen LogP contribution in [0.5, 0.6) is 0 Å². The van der Waals surface area contributed by atoms with E-state index in [1.807, 2.05) is 43.4 Å². The quantitative estimate of drug-likeness (QED) is 0.491. The third-order valence-electron chi connectivity index (χ3n) is 3.18. The first-order chi connectivity index (χ1) is 11.2. The molecule has 120 valence electrons. The van der Waals surface area contributed by atoms with E-state index in [0.717, 1.165) is 39.0 Å². The summed E-state index contributed by atoms with van der Waals surface area (Å²) in [6, 6.07) is 12.1. The van der Waals surface area contributed by atoms with Crippen LogP contribution in [0.25, 0.3) is 11.3 Å². The van der Waals surface area contributed by atoms with E-state index in [1.165, 1.54) is 0 Å². The lowest BCUT2D eigenvalue weighted by atomic mass is 10.2. The van der Waals surface area contributed by atoms with Gasteiger partial charge in [0, 0.05) is 29.4 Å². The van der Waals surface area contributed by atoms with Crippen LogP contribution in [0.4, 0.5) is 0 Å². The third-order valence-corrected chi connectivity index (χ3v) is 4.72. The Balaban J connectivity index is 1.44. The topological polar surface area (TPSA) is 68.8 Å². The number of furan rings is 1. The smallest absolute Gasteiger partial charge is 0.209 e. The minimum absolute atomic E-state index is 0.703. The monoisotopic (exact) mass is 393 g/mol. The van der Waals surface area contributed by atoms with E-state index >= 15 is 0 Å². The number of nitrogens with zero attached hydrogens (tertiary/aromatic N) is 4. The highest BCUT2D eigenvalue weighted by atomic mass is 79.9. The van der Waals surface area contributed by atoms with Crippen molar-refractivity contribution in [3.05, 3.63) is 46.6 Å². The van der Waals surface area contributed by atoms with Crippen LogP contribution in [-0.2, 0) is 13.6 Å². The highest BCUT2D eigenvalue weighted by Crippen LogP contribution is 2.23. The number of hydrogen-bond acceptors (Lipinski definition) is 6. The molecule has 0 bridgehead atoms. The Kier molecular flexibility index (Phi) is 5.47. The Morgan fingerprint density at radius 2 is 2.04 bits per heavy atom. The van der Waals surface area contributed by atoms with Gasteiger partial charge in [-0.05, 0) is 34.7 Å². The molecule has 0 unspecified atom stereocenters. The van der Waals surface area contributed by atoms with Crippen molar-refractivity contribution in [1.82, 2.24) is 25.5 Å². The van der Waals surface area contributed by atoms with Gasteiger partial charge in [0.1, 0.15) is 11.5 Å². The average molecular weight is 394 g/mol. The Hall–Kier alpha value is -1.64. The first-order valence-electron chi connectivity index (χ1n) is 7.13. The molecule has 0 radical (unpaired) electrons. The van der Waals surface area contributed by atoms with Gasteiger partial charge in [-0.25, -0.2) is 4.68 Å². The molecule has 0 saturated heterocycles. The number of halogens is 1. The van der Waals surface area contributed by atoms with Crippen molar-refractivity contribution in [2.24, 2.45) is 7.05 Å². The summed E-state index contributed by atoms with van der Waals surface area (Å²) in [6.07, 6.45) is 0. The summed E-state index contributed by atoms with van der Waals surface area (Å²) in [5.74, 6) is 2.70. The summed E-state index contributed by atoms with van der Waals surface area (Å²) in [5.41, 5.74) is 1.07. The summed E-state index contributed by atoms with van der Waals surface area (Å²) in [7, 11) is 1.84. The molecule has 3 aromatic rings. The highest BCUT2D eigenvalue weighted by molar-refractivity contribution is 9.10. The van der Waals surface area contributed by atoms with Crippen molar-refractivity contribution in [3.8, 4) is 11.3 Å². The van der Waals surface area contributed by atoms with Crippen molar-refractivity contribution in [3.63, 3.8) is 0 Å². The maximum atomic E-state index is 5.86. The molecule has 2 heterocycles. The van der Waals surface area contributed by atoms with Gasteiger partial charge in [-0.2, -0.15) is 0 Å². The molecule has 0 saturated carbocycles. The fourth-order valence-electron chi connectivity index (χ4n) is 2.01. The summed E-state index contributed by atoms with van der Waals surface area (Å²) in [4.78, 5) is 0. The van der Waals surface area contributed by atoms with Crippen molar-refractivity contribution in [2.75, 3.05) is 12.3 Å². The van der Waals surface area contributed by atoms with Crippen molar-refractivity contribution >= 4 is 27.7 Å². The molecule has 1 aromatic carbocycles. The maximum Gasteiger partial charge on any atom is 0.209 e. The molecule has 0 aliphatic heterocycles. The molecular formula is C15H16BrN5OS. The fraction of sp³-hybridized carbons (Fsp3) is 0.267. The molecule has 0 spiro atoms. The summed E-state index contributed by atoms with van der Waals surface area (Å²) < 4.78 is 8.59. The van der Waals surface area contributed by atoms with Gasteiger partial charge in [-0.1, -0.05) is 39.8 Å². The number of aromatic nitrogens is 4. The number of thioether (sulfide) groups is 1. The molecule has 23 heavy (non-hydrogen) atoms. The van der Waals surface area contributed by atoms with Crippen LogP contribution in [0, 0.1) is 0 Å². The van der Waals surface area contributed by atoms with Crippen molar-refractivity contribution in [2.45, 2.75) is 11.7 Å². The zero-order valence-corrected chi connectivity index (χ0v) is 15.0. The van der Waals surface area contributed by atoms with Crippen LogP contribution in [0.2, 0.25) is 0 Å². The van der Waals surface area contributed by atoms with Crippen molar-refractivity contribution < 1.29 is 4.42 Å². The van der Waals surface area contributed by atoms with Gasteiger partial charge in [-0.15, -0.1) is 5.10 Å². The summed E-state index contributed by atoms with van der Waals surface area (Å²) in [5, 5.41) is 15.5. The summed E-state index contributed by atoms with van der Waals surface area (Å²) in [6.45, 7) is 1.56. The maximum absolute atomic E-state index is 5.86. The van der Waals surface area contributed by atoms with E-state index in [0.29, 0.717) is 6.54 Å². The molecular weight excluding hydrogens is 378 g/mol. The van der Waals surface area contributed by atoms with Gasteiger partial charge >= 0.3 is 0 Å². The second kappa shape index (κ2) is 7.76. The molecule has 8 heteroatoms. The van der Waals surface area contributed by atoms with Gasteiger partial charge in [0.15, 0.2) is 0 Å². The Morgan fingerprint density at radius 3 is 2.78 bits per heavy atom. The number of aryl methyl sites for hydroxylation is 1. The largest absolute Gasteiger partial charge is 0.460 e. The lowest BCUT2D eigenvalue weighted by Gasteiger charge is -2.02. The fourth-order valence-corrected chi connectivity index (χ4v) is 3.02. The van der Waals surface area contributed by atoms with Crippen LogP contribution in [0.15, 0.2) is 50.4 Å². The van der Waals surface area contributed by atoms with E-state index in [1.54, 1.807) is 16.4 Å². The number of tetrazole rings is 1. The minimum Gasteiger partial charge on any atom is -0.460 e. The predicted molar refractivity (Wildman–Crippen MR) is 93.1 cm³/mol. The van der Waals surface area contributed by atoms with Crippen LogP contribution in [0.1, 0.15) is 5.76 Å². The Bertz CT molecular complexity index is 755. The van der Waals surface area contributed by atoms with Crippen LogP contribution in [-0.4, -0.2) is 32.5 Å². The molecule has 6 nitrogen and oxygen atoms in total. The Labute approximate surface area is 146 Å². The lowest BCUT2D eigenvalue weighted by Crippen LogP contribution is -2.16. The van der Waals surface area contributed by atoms with Gasteiger partial charge in [0.05, 0.1) is 6.54 Å². The number of rotatable bonds is 7. The molecule has 1 N–H and O–H groups in total. The van der Waals surface area contributed by atoms with Crippen LogP contribution >= 0.6 is 27.7 Å². The zero-order valence-electron chi connectivity index (χ0n) is 12.6. The van der Waals surface area contributed by atoms with Gasteiger partial charge in [-0.3, -0.25) is 0 Å². The number of benzene rings is 1. The van der Waals surface area contributed by atoms with E-state index in [4.69, 9.17) is 4.42 Å². The summed E-state index contributed by atoms with van der Waals surface area (Å²) >= 11 is 5.06. The zero-order chi connectivity index (χ0) is 16.1. The van der Waals surface area contributed by atoms with Crippen molar-refractivity contribution in [1.29, 1.82) is 0 Å². The standard InChI is InChI=1S/C15H16BrN5OS/c1-21-15(18-19-20-21)23-9-8-17-10-13-6-7-14(22-13)11-2-4-12(16)5-3-11/h2-7,17H,8-10H2,1H3. The van der Waals surface area contributed by atoms with E-state index in [-0.39, 0.29) is 0 Å². The van der Waals surface area contributed by atoms with E-state index in [2.05, 4.69) is 36.8 Å². The second-order valence-electron chi connectivity index (χ2n) is 4.88. The molecule has 0 aliphatic rings. The SMILES string of the molecule is Cn1nnnc1SCCNCc1ccc(-c2ccc(Br)cc2)o1. The molecule has 0 amide bonds. The lowest BCUT2D eigenvalue weighted by molar-refractivity contribution is 0.499. The van der Waals surface area contributed by atoms with Crippen LogP contribution in [0.3, 0.4) is 0 Å². The normalized spacial score (nSPS) is 11.0. The number of nitrogens with one attached hydrogen (secondary N) is 1. The van der Waals surface area contributed by atoms with E-state index in [9.17, 15) is 0 Å². The van der Waals surface area contributed by atoms with Gasteiger partial charge in [0.25, 0.3) is 0 Å². The van der Waals surface area contributed by atoms with Gasteiger partial charge < -0.3 is 9.73 Å². The first-order valence-corrected chi connectivity index (χ1v) is 8.91. The second-order valence-corrected chi connectivity index (χ2v) is 6.86. The first kappa shape index (κ1) is 16.2. The molecule has 3 rings (SSSR count). The molecule has 0 fully saturated rings. The Morgan fingerprint density at radius 1 is 1.22 bits per heavy atom.